The zero-order valence-corrected chi connectivity index (χ0v) is 7.66. The fraction of sp³-hybridized carbons (Fsp3) is 0.222. The van der Waals surface area contributed by atoms with E-state index in [9.17, 15) is 13.6 Å². The number of nitriles is 1. The van der Waals surface area contributed by atoms with Crippen LogP contribution < -0.4 is 0 Å². The number of halogens is 2. The number of aromatic nitrogens is 1. The van der Waals surface area contributed by atoms with Crippen LogP contribution >= 0.6 is 0 Å². The summed E-state index contributed by atoms with van der Waals surface area (Å²) in [6, 6.07) is 1.62. The second-order valence-electron chi connectivity index (χ2n) is 2.78. The minimum atomic E-state index is -2.94. The number of aromatic carboxylic acids is 1. The third-order valence-electron chi connectivity index (χ3n) is 1.93. The van der Waals surface area contributed by atoms with E-state index in [1.54, 1.807) is 6.07 Å². The van der Waals surface area contributed by atoms with E-state index in [-0.39, 0.29) is 11.3 Å². The van der Waals surface area contributed by atoms with Gasteiger partial charge in [-0.2, -0.15) is 5.26 Å². The number of rotatable bonds is 2. The summed E-state index contributed by atoms with van der Waals surface area (Å²) in [7, 11) is 0. The average molecular weight is 212 g/mol. The normalized spacial score (nSPS) is 10.1. The first kappa shape index (κ1) is 11.0. The van der Waals surface area contributed by atoms with Crippen LogP contribution in [0.3, 0.4) is 0 Å². The maximum Gasteiger partial charge on any atom is 0.337 e. The lowest BCUT2D eigenvalue weighted by Crippen LogP contribution is -2.08. The van der Waals surface area contributed by atoms with Crippen LogP contribution in [0, 0.1) is 18.3 Å². The van der Waals surface area contributed by atoms with Gasteiger partial charge in [0.25, 0.3) is 6.43 Å². The highest BCUT2D eigenvalue weighted by atomic mass is 19.3. The molecule has 1 rings (SSSR count). The number of pyridine rings is 1. The van der Waals surface area contributed by atoms with Crippen LogP contribution in [-0.4, -0.2) is 16.1 Å². The number of carboxylic acid groups (broad SMARTS) is 1. The van der Waals surface area contributed by atoms with Crippen molar-refractivity contribution in [2.45, 2.75) is 13.3 Å². The predicted octanol–water partition coefficient (Wildman–Crippen LogP) is 1.90. The molecular weight excluding hydrogens is 206 g/mol. The second kappa shape index (κ2) is 4.00. The minimum absolute atomic E-state index is 0.0904. The Labute approximate surface area is 83.8 Å². The standard InChI is InChI=1S/C9H6F2N2O2/c1-4-6(2-12)13-3-5(9(14)15)7(4)8(10)11/h3,8H,1H3,(H,14,15). The van der Waals surface area contributed by atoms with Crippen molar-refractivity contribution in [2.24, 2.45) is 0 Å². The topological polar surface area (TPSA) is 74.0 Å². The van der Waals surface area contributed by atoms with Crippen LogP contribution in [0.5, 0.6) is 0 Å². The summed E-state index contributed by atoms with van der Waals surface area (Å²) in [5.74, 6) is -1.48. The third-order valence-corrected chi connectivity index (χ3v) is 1.93. The molecule has 0 aromatic carbocycles. The molecule has 0 unspecified atom stereocenters. The molecular formula is C9H6F2N2O2. The lowest BCUT2D eigenvalue weighted by Gasteiger charge is -2.08. The van der Waals surface area contributed by atoms with Crippen molar-refractivity contribution in [3.05, 3.63) is 28.6 Å². The number of alkyl halides is 2. The molecule has 1 heterocycles. The molecule has 0 fully saturated rings. The molecule has 0 atom stereocenters. The third kappa shape index (κ3) is 1.91. The summed E-state index contributed by atoms with van der Waals surface area (Å²) in [6.07, 6.45) is -2.17. The summed E-state index contributed by atoms with van der Waals surface area (Å²) >= 11 is 0. The molecule has 6 heteroatoms. The molecule has 4 nitrogen and oxygen atoms in total. The summed E-state index contributed by atoms with van der Waals surface area (Å²) in [6.45, 7) is 1.25. The SMILES string of the molecule is Cc1c(C#N)ncc(C(=O)O)c1C(F)F. The van der Waals surface area contributed by atoms with Crippen molar-refractivity contribution in [2.75, 3.05) is 0 Å². The second-order valence-corrected chi connectivity index (χ2v) is 2.78. The van der Waals surface area contributed by atoms with Gasteiger partial charge in [0.05, 0.1) is 5.56 Å². The van der Waals surface area contributed by atoms with Crippen LogP contribution in [-0.2, 0) is 0 Å². The summed E-state index contributed by atoms with van der Waals surface area (Å²) < 4.78 is 25.1. The first-order chi connectivity index (χ1) is 6.99. The summed E-state index contributed by atoms with van der Waals surface area (Å²) in [4.78, 5) is 14.1. The Morgan fingerprint density at radius 1 is 1.67 bits per heavy atom. The van der Waals surface area contributed by atoms with Crippen molar-refractivity contribution in [1.29, 1.82) is 5.26 Å². The first-order valence-electron chi connectivity index (χ1n) is 3.90. The first-order valence-corrected chi connectivity index (χ1v) is 3.90. The molecule has 0 aliphatic heterocycles. The molecule has 1 aromatic rings. The van der Waals surface area contributed by atoms with Crippen molar-refractivity contribution in [3.8, 4) is 6.07 Å². The highest BCUT2D eigenvalue weighted by molar-refractivity contribution is 5.89. The van der Waals surface area contributed by atoms with Gasteiger partial charge < -0.3 is 5.11 Å². The Morgan fingerprint density at radius 3 is 2.67 bits per heavy atom. The van der Waals surface area contributed by atoms with Gasteiger partial charge in [-0.15, -0.1) is 0 Å². The zero-order chi connectivity index (χ0) is 11.6. The molecule has 0 radical (unpaired) electrons. The molecule has 15 heavy (non-hydrogen) atoms. The summed E-state index contributed by atoms with van der Waals surface area (Å²) in [5.41, 5.74) is -1.49. The van der Waals surface area contributed by atoms with Gasteiger partial charge in [0.2, 0.25) is 0 Å². The highest BCUT2D eigenvalue weighted by Crippen LogP contribution is 2.27. The van der Waals surface area contributed by atoms with Gasteiger partial charge in [0, 0.05) is 11.8 Å². The van der Waals surface area contributed by atoms with Crippen LogP contribution in [0.4, 0.5) is 8.78 Å². The van der Waals surface area contributed by atoms with E-state index in [1.165, 1.54) is 6.92 Å². The molecule has 0 saturated heterocycles. The smallest absolute Gasteiger partial charge is 0.337 e. The highest BCUT2D eigenvalue weighted by Gasteiger charge is 2.22. The van der Waals surface area contributed by atoms with E-state index in [0.717, 1.165) is 6.20 Å². The van der Waals surface area contributed by atoms with Gasteiger partial charge in [0.15, 0.2) is 0 Å². The fourth-order valence-electron chi connectivity index (χ4n) is 1.19. The molecule has 0 bridgehead atoms. The quantitative estimate of drug-likeness (QED) is 0.812. The minimum Gasteiger partial charge on any atom is -0.478 e. The van der Waals surface area contributed by atoms with Crippen LogP contribution in [0.15, 0.2) is 6.20 Å². The van der Waals surface area contributed by atoms with Crippen molar-refractivity contribution in [1.82, 2.24) is 4.98 Å². The monoisotopic (exact) mass is 212 g/mol. The zero-order valence-electron chi connectivity index (χ0n) is 7.66. The number of carbonyl (C=O) groups is 1. The van der Waals surface area contributed by atoms with Gasteiger partial charge in [-0.05, 0) is 12.5 Å². The van der Waals surface area contributed by atoms with Gasteiger partial charge in [-0.3, -0.25) is 0 Å². The van der Waals surface area contributed by atoms with Crippen molar-refractivity contribution < 1.29 is 18.7 Å². The van der Waals surface area contributed by atoms with E-state index in [1.807, 2.05) is 0 Å². The van der Waals surface area contributed by atoms with Gasteiger partial charge >= 0.3 is 5.97 Å². The Bertz CT molecular complexity index is 452. The predicted molar refractivity (Wildman–Crippen MR) is 45.6 cm³/mol. The molecule has 78 valence electrons. The van der Waals surface area contributed by atoms with Gasteiger partial charge in [0.1, 0.15) is 11.8 Å². The molecule has 0 aliphatic rings. The molecule has 1 N–H and O–H groups in total. The van der Waals surface area contributed by atoms with E-state index in [2.05, 4.69) is 4.98 Å². The average Bonchev–Trinajstić information content (AvgIpc) is 2.16. The molecule has 0 aliphatic carbocycles. The molecule has 0 spiro atoms. The lowest BCUT2D eigenvalue weighted by molar-refractivity contribution is 0.0683. The van der Waals surface area contributed by atoms with Crippen LogP contribution in [0.2, 0.25) is 0 Å². The van der Waals surface area contributed by atoms with E-state index >= 15 is 0 Å². The summed E-state index contributed by atoms with van der Waals surface area (Å²) in [5, 5.41) is 17.2. The molecule has 0 saturated carbocycles. The van der Waals surface area contributed by atoms with E-state index < -0.39 is 23.5 Å². The van der Waals surface area contributed by atoms with Crippen LogP contribution in [0.1, 0.15) is 33.6 Å². The number of carboxylic acids is 1. The Kier molecular flexibility index (Phi) is 2.95. The lowest BCUT2D eigenvalue weighted by atomic mass is 10.0. The van der Waals surface area contributed by atoms with E-state index in [4.69, 9.17) is 10.4 Å². The fourth-order valence-corrected chi connectivity index (χ4v) is 1.19. The molecule has 0 amide bonds. The largest absolute Gasteiger partial charge is 0.478 e. The van der Waals surface area contributed by atoms with Crippen molar-refractivity contribution >= 4 is 5.97 Å². The van der Waals surface area contributed by atoms with Crippen molar-refractivity contribution in [3.63, 3.8) is 0 Å². The number of hydrogen-bond acceptors (Lipinski definition) is 3. The Morgan fingerprint density at radius 2 is 2.27 bits per heavy atom. The van der Waals surface area contributed by atoms with E-state index in [0.29, 0.717) is 0 Å². The maximum atomic E-state index is 12.6. The maximum absolute atomic E-state index is 12.6. The Hall–Kier alpha value is -2.03. The number of nitrogens with zero attached hydrogens (tertiary/aromatic N) is 2. The van der Waals surface area contributed by atoms with Crippen LogP contribution in [0.25, 0.3) is 0 Å². The number of hydrogen-bond donors (Lipinski definition) is 1. The Balaban J connectivity index is 3.53. The van der Waals surface area contributed by atoms with Gasteiger partial charge in [-0.1, -0.05) is 0 Å². The van der Waals surface area contributed by atoms with Gasteiger partial charge in [-0.25, -0.2) is 18.6 Å². The molecule has 1 aromatic heterocycles.